The van der Waals surface area contributed by atoms with Crippen molar-refractivity contribution in [3.05, 3.63) is 34.5 Å². The zero-order valence-electron chi connectivity index (χ0n) is 19.0. The van der Waals surface area contributed by atoms with Crippen LogP contribution in [0.1, 0.15) is 48.0 Å². The van der Waals surface area contributed by atoms with Gasteiger partial charge in [-0.1, -0.05) is 6.92 Å². The third-order valence-corrected chi connectivity index (χ3v) is 7.47. The van der Waals surface area contributed by atoms with E-state index in [0.717, 1.165) is 57.0 Å². The number of piperazine rings is 1. The molecule has 0 radical (unpaired) electrons. The summed E-state index contributed by atoms with van der Waals surface area (Å²) in [5, 5.41) is 3.70. The maximum atomic E-state index is 13.1. The van der Waals surface area contributed by atoms with Gasteiger partial charge in [-0.15, -0.1) is 11.3 Å². The number of fused-ring (bicyclic) bond motifs is 1. The zero-order valence-corrected chi connectivity index (χ0v) is 19.8. The van der Waals surface area contributed by atoms with E-state index in [1.165, 1.54) is 16.2 Å². The van der Waals surface area contributed by atoms with E-state index in [1.807, 2.05) is 6.92 Å². The van der Waals surface area contributed by atoms with Gasteiger partial charge in [0.25, 0.3) is 0 Å². The van der Waals surface area contributed by atoms with Gasteiger partial charge in [0.15, 0.2) is 0 Å². The molecule has 2 aliphatic rings. The van der Waals surface area contributed by atoms with Crippen molar-refractivity contribution in [1.82, 2.24) is 14.9 Å². The van der Waals surface area contributed by atoms with Gasteiger partial charge in [0.05, 0.1) is 18.2 Å². The first-order chi connectivity index (χ1) is 15.5. The number of nitrogens with one attached hydrogen (secondary N) is 1. The number of carbonyl (C=O) groups excluding carboxylic acids is 2. The lowest BCUT2D eigenvalue weighted by molar-refractivity contribution is -0.120. The fourth-order valence-electron chi connectivity index (χ4n) is 4.40. The number of esters is 1. The fraction of sp³-hybridized carbons (Fsp3) is 0.565. The molecule has 2 atom stereocenters. The molecule has 1 aliphatic heterocycles. The second-order valence-corrected chi connectivity index (χ2v) is 9.62. The van der Waals surface area contributed by atoms with E-state index in [2.05, 4.69) is 32.0 Å². The Bertz CT molecular complexity index is 956. The number of ether oxygens (including phenoxy) is 1. The molecule has 1 aliphatic carbocycles. The van der Waals surface area contributed by atoms with Crippen LogP contribution in [0.25, 0.3) is 0 Å². The number of amides is 1. The SMILES string of the molecule is CCOC(=O)c1c(NC(=O)C(C)N2CCN(c3ncccn3)CC2)sc2c1CCC(C)C2. The molecule has 0 saturated carbocycles. The van der Waals surface area contributed by atoms with E-state index in [4.69, 9.17) is 4.74 Å². The molecule has 32 heavy (non-hydrogen) atoms. The van der Waals surface area contributed by atoms with Gasteiger partial charge in [-0.05, 0) is 50.7 Å². The molecule has 1 amide bonds. The molecule has 2 aromatic heterocycles. The minimum atomic E-state index is -0.334. The quantitative estimate of drug-likeness (QED) is 0.667. The number of carbonyl (C=O) groups is 2. The van der Waals surface area contributed by atoms with Gasteiger partial charge in [0, 0.05) is 43.4 Å². The van der Waals surface area contributed by atoms with Crippen LogP contribution in [-0.2, 0) is 22.4 Å². The van der Waals surface area contributed by atoms with Gasteiger partial charge in [-0.3, -0.25) is 9.69 Å². The summed E-state index contributed by atoms with van der Waals surface area (Å²) in [5.74, 6) is 0.885. The van der Waals surface area contributed by atoms with E-state index in [9.17, 15) is 9.59 Å². The number of hydrogen-bond acceptors (Lipinski definition) is 8. The van der Waals surface area contributed by atoms with Crippen molar-refractivity contribution in [1.29, 1.82) is 0 Å². The Morgan fingerprint density at radius 3 is 2.66 bits per heavy atom. The largest absolute Gasteiger partial charge is 0.462 e. The van der Waals surface area contributed by atoms with Crippen LogP contribution in [0.3, 0.4) is 0 Å². The molecular weight excluding hydrogens is 426 g/mol. The molecule has 1 saturated heterocycles. The molecule has 2 unspecified atom stereocenters. The highest BCUT2D eigenvalue weighted by Crippen LogP contribution is 2.40. The molecule has 2 aromatic rings. The van der Waals surface area contributed by atoms with Crippen LogP contribution in [0.4, 0.5) is 10.9 Å². The van der Waals surface area contributed by atoms with E-state index in [0.29, 0.717) is 23.1 Å². The van der Waals surface area contributed by atoms with Crippen molar-refractivity contribution >= 4 is 34.2 Å². The lowest BCUT2D eigenvalue weighted by Gasteiger charge is -2.37. The number of hydrogen-bond donors (Lipinski definition) is 1. The number of nitrogens with zero attached hydrogens (tertiary/aromatic N) is 4. The van der Waals surface area contributed by atoms with Crippen LogP contribution >= 0.6 is 11.3 Å². The highest BCUT2D eigenvalue weighted by Gasteiger charge is 2.31. The van der Waals surface area contributed by atoms with E-state index in [-0.39, 0.29) is 17.9 Å². The lowest BCUT2D eigenvalue weighted by atomic mass is 9.88. The van der Waals surface area contributed by atoms with E-state index < -0.39 is 0 Å². The second kappa shape index (κ2) is 9.95. The summed E-state index contributed by atoms with van der Waals surface area (Å²) in [6.07, 6.45) is 6.34. The van der Waals surface area contributed by atoms with Gasteiger partial charge in [0.2, 0.25) is 11.9 Å². The molecule has 172 valence electrons. The first-order valence-corrected chi connectivity index (χ1v) is 12.2. The van der Waals surface area contributed by atoms with Gasteiger partial charge >= 0.3 is 5.97 Å². The molecule has 0 bridgehead atoms. The molecule has 9 heteroatoms. The Labute approximate surface area is 193 Å². The minimum Gasteiger partial charge on any atom is -0.462 e. The van der Waals surface area contributed by atoms with Gasteiger partial charge in [-0.2, -0.15) is 0 Å². The van der Waals surface area contributed by atoms with Crippen molar-refractivity contribution in [2.24, 2.45) is 5.92 Å². The molecule has 8 nitrogen and oxygen atoms in total. The molecule has 1 fully saturated rings. The third-order valence-electron chi connectivity index (χ3n) is 6.30. The second-order valence-electron chi connectivity index (χ2n) is 8.51. The van der Waals surface area contributed by atoms with Crippen molar-refractivity contribution in [2.45, 2.75) is 46.1 Å². The summed E-state index contributed by atoms with van der Waals surface area (Å²) in [6, 6.07) is 1.50. The van der Waals surface area contributed by atoms with Gasteiger partial charge in [-0.25, -0.2) is 14.8 Å². The van der Waals surface area contributed by atoms with Crippen LogP contribution in [0, 0.1) is 5.92 Å². The van der Waals surface area contributed by atoms with Gasteiger partial charge < -0.3 is 15.0 Å². The normalized spacial score (nSPS) is 19.8. The van der Waals surface area contributed by atoms with Crippen molar-refractivity contribution in [3.8, 4) is 0 Å². The molecular formula is C23H31N5O3S. The summed E-state index contributed by atoms with van der Waals surface area (Å²) in [5.41, 5.74) is 1.62. The predicted octanol–water partition coefficient (Wildman–Crippen LogP) is 2.99. The highest BCUT2D eigenvalue weighted by molar-refractivity contribution is 7.17. The Morgan fingerprint density at radius 1 is 1.25 bits per heavy atom. The van der Waals surface area contributed by atoms with E-state index in [1.54, 1.807) is 25.4 Å². The molecule has 1 N–H and O–H groups in total. The first kappa shape index (κ1) is 22.7. The summed E-state index contributed by atoms with van der Waals surface area (Å²) >= 11 is 1.53. The minimum absolute atomic E-state index is 0.0911. The Morgan fingerprint density at radius 2 is 1.97 bits per heavy atom. The van der Waals surface area contributed by atoms with Crippen molar-refractivity contribution in [3.63, 3.8) is 0 Å². The maximum absolute atomic E-state index is 13.1. The van der Waals surface area contributed by atoms with Crippen molar-refractivity contribution < 1.29 is 14.3 Å². The zero-order chi connectivity index (χ0) is 22.7. The number of rotatable bonds is 6. The predicted molar refractivity (Wildman–Crippen MR) is 125 cm³/mol. The number of anilines is 2. The molecule has 4 rings (SSSR count). The van der Waals surface area contributed by atoms with Crippen LogP contribution in [0.2, 0.25) is 0 Å². The average Bonchev–Trinajstić information content (AvgIpc) is 3.16. The maximum Gasteiger partial charge on any atom is 0.341 e. The third kappa shape index (κ3) is 4.78. The van der Waals surface area contributed by atoms with E-state index >= 15 is 0 Å². The Hall–Kier alpha value is -2.52. The molecule has 0 aromatic carbocycles. The topological polar surface area (TPSA) is 87.7 Å². The molecule has 3 heterocycles. The summed E-state index contributed by atoms with van der Waals surface area (Å²) < 4.78 is 5.32. The summed E-state index contributed by atoms with van der Waals surface area (Å²) in [6.45, 7) is 9.29. The highest BCUT2D eigenvalue weighted by atomic mass is 32.1. The summed E-state index contributed by atoms with van der Waals surface area (Å²) in [4.78, 5) is 40.0. The van der Waals surface area contributed by atoms with Crippen LogP contribution in [0.15, 0.2) is 18.5 Å². The lowest BCUT2D eigenvalue weighted by Crippen LogP contribution is -2.53. The van der Waals surface area contributed by atoms with Crippen molar-refractivity contribution in [2.75, 3.05) is 43.0 Å². The standard InChI is InChI=1S/C23H31N5O3S/c1-4-31-22(30)19-17-7-6-15(2)14-18(17)32-21(19)26-20(29)16(3)27-10-12-28(13-11-27)23-24-8-5-9-25-23/h5,8-9,15-16H,4,6-7,10-14H2,1-3H3,(H,26,29). The fourth-order valence-corrected chi connectivity index (χ4v) is 5.81. The van der Waals surface area contributed by atoms with Crippen LogP contribution < -0.4 is 10.2 Å². The first-order valence-electron chi connectivity index (χ1n) is 11.4. The monoisotopic (exact) mass is 457 g/mol. The Balaban J connectivity index is 1.44. The average molecular weight is 458 g/mol. The molecule has 0 spiro atoms. The van der Waals surface area contributed by atoms with Gasteiger partial charge in [0.1, 0.15) is 5.00 Å². The van der Waals surface area contributed by atoms with Crippen LogP contribution in [-0.4, -0.2) is 65.6 Å². The smallest absolute Gasteiger partial charge is 0.341 e. The number of aromatic nitrogens is 2. The number of thiophene rings is 1. The van der Waals surface area contributed by atoms with Crippen LogP contribution in [0.5, 0.6) is 0 Å². The summed E-state index contributed by atoms with van der Waals surface area (Å²) in [7, 11) is 0. The Kier molecular flexibility index (Phi) is 7.05.